The molecule has 2 aromatic carbocycles. The molecule has 1 unspecified atom stereocenters. The Morgan fingerprint density at radius 2 is 1.84 bits per heavy atom. The van der Waals surface area contributed by atoms with Crippen LogP contribution in [0.25, 0.3) is 11.5 Å². The standard InChI is InChI=1S/C25H30N2O4/c1-4-29-24(26-19(3)28)15-12-20-10-13-22(14-11-20)30-17-16-23-18(2)31-25(27-23)21-8-6-5-7-9-21/h5-11,13-14,24H,4,12,15-17H2,1-3H3,(H,26,28). The molecule has 0 fully saturated rings. The van der Waals surface area contributed by atoms with Crippen LogP contribution in [0.3, 0.4) is 0 Å². The van der Waals surface area contributed by atoms with Gasteiger partial charge in [-0.3, -0.25) is 4.79 Å². The molecule has 0 aliphatic heterocycles. The maximum Gasteiger partial charge on any atom is 0.226 e. The van der Waals surface area contributed by atoms with Gasteiger partial charge in [-0.2, -0.15) is 0 Å². The SMILES string of the molecule is CCOC(CCc1ccc(OCCc2nc(-c3ccccc3)oc2C)cc1)NC(C)=O. The Hall–Kier alpha value is -3.12. The summed E-state index contributed by atoms with van der Waals surface area (Å²) in [5, 5.41) is 2.82. The number of nitrogens with zero attached hydrogens (tertiary/aromatic N) is 1. The molecule has 6 heteroatoms. The van der Waals surface area contributed by atoms with Crippen LogP contribution in [0.1, 0.15) is 37.3 Å². The molecule has 0 bridgehead atoms. The molecule has 3 rings (SSSR count). The number of aryl methyl sites for hydroxylation is 2. The predicted octanol–water partition coefficient (Wildman–Crippen LogP) is 4.70. The Morgan fingerprint density at radius 3 is 2.52 bits per heavy atom. The first-order valence-electron chi connectivity index (χ1n) is 10.7. The van der Waals surface area contributed by atoms with Crippen molar-refractivity contribution in [3.63, 3.8) is 0 Å². The monoisotopic (exact) mass is 422 g/mol. The van der Waals surface area contributed by atoms with Crippen molar-refractivity contribution in [1.82, 2.24) is 10.3 Å². The summed E-state index contributed by atoms with van der Waals surface area (Å²) in [6.45, 7) is 6.44. The minimum absolute atomic E-state index is 0.0829. The van der Waals surface area contributed by atoms with Crippen LogP contribution in [-0.2, 0) is 22.4 Å². The number of carbonyl (C=O) groups is 1. The van der Waals surface area contributed by atoms with Crippen LogP contribution in [0.2, 0.25) is 0 Å². The first-order chi connectivity index (χ1) is 15.0. The molecule has 1 heterocycles. The second-order valence-corrected chi connectivity index (χ2v) is 7.31. The summed E-state index contributed by atoms with van der Waals surface area (Å²) in [6.07, 6.45) is 1.95. The van der Waals surface area contributed by atoms with E-state index >= 15 is 0 Å². The predicted molar refractivity (Wildman–Crippen MR) is 120 cm³/mol. The normalized spacial score (nSPS) is 11.8. The molecule has 0 aliphatic rings. The maximum absolute atomic E-state index is 11.3. The smallest absolute Gasteiger partial charge is 0.226 e. The third-order valence-corrected chi connectivity index (χ3v) is 4.87. The second kappa shape index (κ2) is 11.3. The van der Waals surface area contributed by atoms with E-state index in [4.69, 9.17) is 13.9 Å². The number of hydrogen-bond donors (Lipinski definition) is 1. The summed E-state index contributed by atoms with van der Waals surface area (Å²) in [7, 11) is 0. The Kier molecular flexibility index (Phi) is 8.24. The topological polar surface area (TPSA) is 73.6 Å². The summed E-state index contributed by atoms with van der Waals surface area (Å²) in [4.78, 5) is 15.9. The van der Waals surface area contributed by atoms with Crippen molar-refractivity contribution in [1.29, 1.82) is 0 Å². The average Bonchev–Trinajstić information content (AvgIpc) is 3.14. The van der Waals surface area contributed by atoms with Crippen molar-refractivity contribution in [3.05, 3.63) is 71.6 Å². The summed E-state index contributed by atoms with van der Waals surface area (Å²) in [6, 6.07) is 17.9. The highest BCUT2D eigenvalue weighted by molar-refractivity contribution is 5.73. The molecule has 0 radical (unpaired) electrons. The molecule has 0 aliphatic carbocycles. The van der Waals surface area contributed by atoms with E-state index in [9.17, 15) is 4.79 Å². The molecular weight excluding hydrogens is 392 g/mol. The lowest BCUT2D eigenvalue weighted by molar-refractivity contribution is -0.123. The molecule has 1 atom stereocenters. The van der Waals surface area contributed by atoms with E-state index in [1.807, 2.05) is 68.4 Å². The number of oxazole rings is 1. The molecule has 1 N–H and O–H groups in total. The summed E-state index contributed by atoms with van der Waals surface area (Å²) in [5.74, 6) is 2.19. The molecule has 0 saturated carbocycles. The third-order valence-electron chi connectivity index (χ3n) is 4.87. The van der Waals surface area contributed by atoms with Crippen LogP contribution in [-0.4, -0.2) is 30.3 Å². The Labute approximate surface area is 183 Å². The first-order valence-corrected chi connectivity index (χ1v) is 10.7. The molecule has 31 heavy (non-hydrogen) atoms. The minimum atomic E-state index is -0.259. The highest BCUT2D eigenvalue weighted by Gasteiger charge is 2.12. The van der Waals surface area contributed by atoms with Crippen LogP contribution in [0.4, 0.5) is 0 Å². The molecule has 0 saturated heterocycles. The van der Waals surface area contributed by atoms with E-state index in [0.29, 0.717) is 25.5 Å². The van der Waals surface area contributed by atoms with Crippen molar-refractivity contribution in [2.45, 2.75) is 46.3 Å². The Balaban J connectivity index is 1.47. The van der Waals surface area contributed by atoms with Crippen molar-refractivity contribution >= 4 is 5.91 Å². The average molecular weight is 423 g/mol. The van der Waals surface area contributed by atoms with Gasteiger partial charge in [-0.25, -0.2) is 4.98 Å². The lowest BCUT2D eigenvalue weighted by atomic mass is 10.1. The van der Waals surface area contributed by atoms with Gasteiger partial charge in [0, 0.05) is 25.5 Å². The van der Waals surface area contributed by atoms with Gasteiger partial charge in [0.2, 0.25) is 11.8 Å². The van der Waals surface area contributed by atoms with Crippen LogP contribution in [0.15, 0.2) is 59.0 Å². The number of benzene rings is 2. The zero-order chi connectivity index (χ0) is 22.1. The lowest BCUT2D eigenvalue weighted by Crippen LogP contribution is -2.35. The van der Waals surface area contributed by atoms with Gasteiger partial charge in [0.05, 0.1) is 12.3 Å². The van der Waals surface area contributed by atoms with Gasteiger partial charge < -0.3 is 19.2 Å². The van der Waals surface area contributed by atoms with E-state index in [2.05, 4.69) is 10.3 Å². The molecule has 1 aromatic heterocycles. The summed E-state index contributed by atoms with van der Waals surface area (Å²) in [5.41, 5.74) is 3.05. The van der Waals surface area contributed by atoms with Gasteiger partial charge in [0.25, 0.3) is 0 Å². The van der Waals surface area contributed by atoms with Gasteiger partial charge in [0.15, 0.2) is 0 Å². The highest BCUT2D eigenvalue weighted by atomic mass is 16.5. The molecule has 3 aromatic rings. The number of ether oxygens (including phenoxy) is 2. The van der Waals surface area contributed by atoms with E-state index in [1.54, 1.807) is 0 Å². The molecular formula is C25H30N2O4. The molecule has 1 amide bonds. The van der Waals surface area contributed by atoms with Crippen molar-refractivity contribution in [2.75, 3.05) is 13.2 Å². The van der Waals surface area contributed by atoms with Gasteiger partial charge in [-0.05, 0) is 56.5 Å². The fourth-order valence-electron chi connectivity index (χ4n) is 3.30. The van der Waals surface area contributed by atoms with E-state index in [-0.39, 0.29) is 12.1 Å². The maximum atomic E-state index is 11.3. The number of carbonyl (C=O) groups excluding carboxylic acids is 1. The Morgan fingerprint density at radius 1 is 1.10 bits per heavy atom. The van der Waals surface area contributed by atoms with Crippen molar-refractivity contribution in [3.8, 4) is 17.2 Å². The quantitative estimate of drug-likeness (QED) is 0.453. The first kappa shape index (κ1) is 22.6. The number of aromatic nitrogens is 1. The van der Waals surface area contributed by atoms with Crippen LogP contribution in [0.5, 0.6) is 5.75 Å². The molecule has 6 nitrogen and oxygen atoms in total. The number of hydrogen-bond acceptors (Lipinski definition) is 5. The van der Waals surface area contributed by atoms with Gasteiger partial charge in [-0.15, -0.1) is 0 Å². The van der Waals surface area contributed by atoms with Crippen molar-refractivity contribution < 1.29 is 18.7 Å². The van der Waals surface area contributed by atoms with E-state index < -0.39 is 0 Å². The summed E-state index contributed by atoms with van der Waals surface area (Å²) >= 11 is 0. The fourth-order valence-corrected chi connectivity index (χ4v) is 3.30. The van der Waals surface area contributed by atoms with E-state index in [1.165, 1.54) is 12.5 Å². The van der Waals surface area contributed by atoms with E-state index in [0.717, 1.165) is 35.6 Å². The largest absolute Gasteiger partial charge is 0.493 e. The third kappa shape index (κ3) is 6.96. The van der Waals surface area contributed by atoms with Gasteiger partial charge in [-0.1, -0.05) is 30.3 Å². The zero-order valence-corrected chi connectivity index (χ0v) is 18.4. The zero-order valence-electron chi connectivity index (χ0n) is 18.4. The number of rotatable bonds is 11. The van der Waals surface area contributed by atoms with Gasteiger partial charge in [0.1, 0.15) is 17.7 Å². The van der Waals surface area contributed by atoms with Crippen molar-refractivity contribution in [2.24, 2.45) is 0 Å². The van der Waals surface area contributed by atoms with Crippen LogP contribution in [0, 0.1) is 6.92 Å². The van der Waals surface area contributed by atoms with Crippen LogP contribution >= 0.6 is 0 Å². The summed E-state index contributed by atoms with van der Waals surface area (Å²) < 4.78 is 17.3. The fraction of sp³-hybridized carbons (Fsp3) is 0.360. The Bertz CT molecular complexity index is 951. The lowest BCUT2D eigenvalue weighted by Gasteiger charge is -2.17. The molecule has 164 valence electrons. The molecule has 0 spiro atoms. The minimum Gasteiger partial charge on any atom is -0.493 e. The second-order valence-electron chi connectivity index (χ2n) is 7.31. The van der Waals surface area contributed by atoms with Gasteiger partial charge >= 0.3 is 0 Å². The van der Waals surface area contributed by atoms with Crippen LogP contribution < -0.4 is 10.1 Å². The number of nitrogens with one attached hydrogen (secondary N) is 1. The number of amides is 1. The highest BCUT2D eigenvalue weighted by Crippen LogP contribution is 2.22.